The second-order valence-electron chi connectivity index (χ2n) is 6.74. The third-order valence-electron chi connectivity index (χ3n) is 5.05. The van der Waals surface area contributed by atoms with Gasteiger partial charge in [0.2, 0.25) is 0 Å². The van der Waals surface area contributed by atoms with Crippen molar-refractivity contribution in [1.29, 1.82) is 0 Å². The predicted molar refractivity (Wildman–Crippen MR) is 83.1 cm³/mol. The number of rotatable bonds is 3. The fourth-order valence-corrected chi connectivity index (χ4v) is 3.58. The van der Waals surface area contributed by atoms with Gasteiger partial charge in [0.1, 0.15) is 5.75 Å². The second kappa shape index (κ2) is 5.72. The van der Waals surface area contributed by atoms with Crippen LogP contribution >= 0.6 is 0 Å². The third kappa shape index (κ3) is 2.83. The maximum absolute atomic E-state index is 6.74. The van der Waals surface area contributed by atoms with E-state index in [1.54, 1.807) is 7.11 Å². The lowest BCUT2D eigenvalue weighted by atomic mass is 9.68. The standard InChI is InChI=1S/C17H28N2O/c1-11-6-7-13(3)17(18,8-11)9-15-14(4)16(20-5)12(2)10-19-15/h10-11,13H,6-9,18H2,1-5H3. The van der Waals surface area contributed by atoms with E-state index >= 15 is 0 Å². The van der Waals surface area contributed by atoms with Crippen LogP contribution in [0.4, 0.5) is 0 Å². The van der Waals surface area contributed by atoms with E-state index in [0.29, 0.717) is 11.8 Å². The molecule has 0 aliphatic heterocycles. The first-order valence-electron chi connectivity index (χ1n) is 7.65. The van der Waals surface area contributed by atoms with Gasteiger partial charge in [-0.25, -0.2) is 0 Å². The zero-order chi connectivity index (χ0) is 14.9. The molecule has 0 amide bonds. The molecule has 1 heterocycles. The van der Waals surface area contributed by atoms with Crippen LogP contribution in [0, 0.1) is 25.7 Å². The first-order chi connectivity index (χ1) is 9.37. The van der Waals surface area contributed by atoms with Crippen LogP contribution in [-0.2, 0) is 6.42 Å². The normalized spacial score (nSPS) is 30.3. The molecule has 3 nitrogen and oxygen atoms in total. The van der Waals surface area contributed by atoms with Crippen LogP contribution in [0.3, 0.4) is 0 Å². The zero-order valence-electron chi connectivity index (χ0n) is 13.5. The highest BCUT2D eigenvalue weighted by Gasteiger charge is 2.38. The lowest BCUT2D eigenvalue weighted by molar-refractivity contribution is 0.159. The van der Waals surface area contributed by atoms with Crippen molar-refractivity contribution < 1.29 is 4.74 Å². The van der Waals surface area contributed by atoms with E-state index in [2.05, 4.69) is 25.8 Å². The SMILES string of the molecule is COc1c(C)cnc(CC2(N)CC(C)CCC2C)c1C. The number of aromatic nitrogens is 1. The number of nitrogens with zero attached hydrogens (tertiary/aromatic N) is 1. The number of aryl methyl sites for hydroxylation is 1. The maximum atomic E-state index is 6.74. The molecule has 0 saturated heterocycles. The summed E-state index contributed by atoms with van der Waals surface area (Å²) in [6, 6.07) is 0. The maximum Gasteiger partial charge on any atom is 0.128 e. The lowest BCUT2D eigenvalue weighted by Gasteiger charge is -2.42. The topological polar surface area (TPSA) is 48.1 Å². The van der Waals surface area contributed by atoms with Gasteiger partial charge in [-0.3, -0.25) is 4.98 Å². The number of methoxy groups -OCH3 is 1. The van der Waals surface area contributed by atoms with Crippen LogP contribution in [0.25, 0.3) is 0 Å². The minimum Gasteiger partial charge on any atom is -0.496 e. The van der Waals surface area contributed by atoms with Crippen molar-refractivity contribution in [3.05, 3.63) is 23.0 Å². The Balaban J connectivity index is 2.29. The molecule has 3 heteroatoms. The average Bonchev–Trinajstić information content (AvgIpc) is 2.39. The quantitative estimate of drug-likeness (QED) is 0.920. The summed E-state index contributed by atoms with van der Waals surface area (Å²) in [6.07, 6.45) is 6.36. The summed E-state index contributed by atoms with van der Waals surface area (Å²) in [4.78, 5) is 4.63. The molecule has 0 spiro atoms. The molecule has 1 aromatic rings. The molecule has 1 fully saturated rings. The van der Waals surface area contributed by atoms with Gasteiger partial charge in [0.05, 0.1) is 7.11 Å². The monoisotopic (exact) mass is 276 g/mol. The van der Waals surface area contributed by atoms with Gasteiger partial charge in [-0.15, -0.1) is 0 Å². The molecule has 112 valence electrons. The Labute approximate surface area is 122 Å². The summed E-state index contributed by atoms with van der Waals surface area (Å²) >= 11 is 0. The Morgan fingerprint density at radius 2 is 2.05 bits per heavy atom. The van der Waals surface area contributed by atoms with E-state index in [1.807, 2.05) is 13.1 Å². The Morgan fingerprint density at radius 1 is 1.35 bits per heavy atom. The van der Waals surface area contributed by atoms with Crippen molar-refractivity contribution in [2.45, 2.75) is 58.9 Å². The molecule has 2 N–H and O–H groups in total. The van der Waals surface area contributed by atoms with Gasteiger partial charge in [-0.1, -0.05) is 20.3 Å². The molecule has 20 heavy (non-hydrogen) atoms. The number of ether oxygens (including phenoxy) is 1. The molecular weight excluding hydrogens is 248 g/mol. The van der Waals surface area contributed by atoms with Crippen molar-refractivity contribution in [3.8, 4) is 5.75 Å². The molecule has 1 saturated carbocycles. The Bertz CT molecular complexity index is 486. The molecule has 1 aromatic heterocycles. The number of hydrogen-bond donors (Lipinski definition) is 1. The Morgan fingerprint density at radius 3 is 2.70 bits per heavy atom. The number of nitrogens with two attached hydrogens (primary N) is 1. The lowest BCUT2D eigenvalue weighted by Crippen LogP contribution is -2.52. The largest absolute Gasteiger partial charge is 0.496 e. The highest BCUT2D eigenvalue weighted by Crippen LogP contribution is 2.38. The van der Waals surface area contributed by atoms with Gasteiger partial charge in [-0.05, 0) is 38.5 Å². The van der Waals surface area contributed by atoms with Crippen LogP contribution < -0.4 is 10.5 Å². The van der Waals surface area contributed by atoms with Crippen LogP contribution in [-0.4, -0.2) is 17.6 Å². The van der Waals surface area contributed by atoms with Gasteiger partial charge in [0, 0.05) is 35.0 Å². The van der Waals surface area contributed by atoms with Gasteiger partial charge in [0.25, 0.3) is 0 Å². The predicted octanol–water partition coefficient (Wildman–Crippen LogP) is 3.40. The van der Waals surface area contributed by atoms with E-state index < -0.39 is 0 Å². The minimum absolute atomic E-state index is 0.129. The highest BCUT2D eigenvalue weighted by molar-refractivity contribution is 5.41. The molecule has 0 radical (unpaired) electrons. The molecule has 0 bridgehead atoms. The van der Waals surface area contributed by atoms with Crippen LogP contribution in [0.2, 0.25) is 0 Å². The fraction of sp³-hybridized carbons (Fsp3) is 0.706. The van der Waals surface area contributed by atoms with Crippen molar-refractivity contribution >= 4 is 0 Å². The minimum atomic E-state index is -0.129. The molecule has 3 atom stereocenters. The number of pyridine rings is 1. The van der Waals surface area contributed by atoms with Crippen LogP contribution in [0.1, 0.15) is 49.9 Å². The smallest absolute Gasteiger partial charge is 0.128 e. The molecular formula is C17H28N2O. The van der Waals surface area contributed by atoms with E-state index in [-0.39, 0.29) is 5.54 Å². The average molecular weight is 276 g/mol. The summed E-state index contributed by atoms with van der Waals surface area (Å²) in [5, 5.41) is 0. The van der Waals surface area contributed by atoms with Gasteiger partial charge in [-0.2, -0.15) is 0 Å². The van der Waals surface area contributed by atoms with Crippen molar-refractivity contribution in [1.82, 2.24) is 4.98 Å². The van der Waals surface area contributed by atoms with Crippen molar-refractivity contribution in [2.24, 2.45) is 17.6 Å². The first kappa shape index (κ1) is 15.3. The molecule has 3 unspecified atom stereocenters. The highest BCUT2D eigenvalue weighted by atomic mass is 16.5. The van der Waals surface area contributed by atoms with E-state index in [1.165, 1.54) is 12.8 Å². The van der Waals surface area contributed by atoms with Gasteiger partial charge in [0.15, 0.2) is 0 Å². The molecule has 1 aliphatic carbocycles. The summed E-state index contributed by atoms with van der Waals surface area (Å²) in [5.74, 6) is 2.21. The molecule has 2 rings (SSSR count). The van der Waals surface area contributed by atoms with E-state index in [4.69, 9.17) is 10.5 Å². The summed E-state index contributed by atoms with van der Waals surface area (Å²) in [6.45, 7) is 8.72. The van der Waals surface area contributed by atoms with E-state index in [9.17, 15) is 0 Å². The zero-order valence-corrected chi connectivity index (χ0v) is 13.5. The molecule has 1 aliphatic rings. The van der Waals surface area contributed by atoms with Crippen molar-refractivity contribution in [3.63, 3.8) is 0 Å². The van der Waals surface area contributed by atoms with E-state index in [0.717, 1.165) is 35.4 Å². The van der Waals surface area contributed by atoms with Gasteiger partial charge >= 0.3 is 0 Å². The van der Waals surface area contributed by atoms with Crippen LogP contribution in [0.5, 0.6) is 5.75 Å². The molecule has 0 aromatic carbocycles. The third-order valence-corrected chi connectivity index (χ3v) is 5.05. The number of hydrogen-bond acceptors (Lipinski definition) is 3. The van der Waals surface area contributed by atoms with Crippen LogP contribution in [0.15, 0.2) is 6.20 Å². The first-order valence-corrected chi connectivity index (χ1v) is 7.65. The van der Waals surface area contributed by atoms with Crippen molar-refractivity contribution in [2.75, 3.05) is 7.11 Å². The second-order valence-corrected chi connectivity index (χ2v) is 6.74. The Hall–Kier alpha value is -1.09. The summed E-state index contributed by atoms with van der Waals surface area (Å²) in [5.41, 5.74) is 9.94. The summed E-state index contributed by atoms with van der Waals surface area (Å²) < 4.78 is 5.51. The Kier molecular flexibility index (Phi) is 4.38. The summed E-state index contributed by atoms with van der Waals surface area (Å²) in [7, 11) is 1.72. The van der Waals surface area contributed by atoms with Gasteiger partial charge < -0.3 is 10.5 Å². The fourth-order valence-electron chi connectivity index (χ4n) is 3.58.